The van der Waals surface area contributed by atoms with Crippen LogP contribution in [-0.4, -0.2) is 41.0 Å². The SMILES string of the molecule is CCC(C(=O)c1ccccc1)N(C)CC1(O)CCCC1. The lowest BCUT2D eigenvalue weighted by molar-refractivity contribution is 0.00641. The van der Waals surface area contributed by atoms with E-state index >= 15 is 0 Å². The van der Waals surface area contributed by atoms with Gasteiger partial charge in [0.15, 0.2) is 5.78 Å². The summed E-state index contributed by atoms with van der Waals surface area (Å²) >= 11 is 0. The number of benzene rings is 1. The van der Waals surface area contributed by atoms with Gasteiger partial charge in [-0.15, -0.1) is 0 Å². The van der Waals surface area contributed by atoms with Gasteiger partial charge in [0.2, 0.25) is 0 Å². The highest BCUT2D eigenvalue weighted by Gasteiger charge is 2.35. The molecule has 110 valence electrons. The summed E-state index contributed by atoms with van der Waals surface area (Å²) in [6, 6.07) is 9.28. The van der Waals surface area contributed by atoms with E-state index in [0.717, 1.165) is 37.7 Å². The molecule has 0 aliphatic heterocycles. The van der Waals surface area contributed by atoms with Crippen LogP contribution in [0.3, 0.4) is 0 Å². The van der Waals surface area contributed by atoms with E-state index in [-0.39, 0.29) is 11.8 Å². The minimum Gasteiger partial charge on any atom is -0.389 e. The summed E-state index contributed by atoms with van der Waals surface area (Å²) in [5.74, 6) is 0.150. The maximum Gasteiger partial charge on any atom is 0.179 e. The Labute approximate surface area is 121 Å². The molecule has 1 aliphatic rings. The van der Waals surface area contributed by atoms with Crippen LogP contribution < -0.4 is 0 Å². The molecule has 0 radical (unpaired) electrons. The van der Waals surface area contributed by atoms with Crippen molar-refractivity contribution in [1.29, 1.82) is 0 Å². The van der Waals surface area contributed by atoms with Crippen LogP contribution >= 0.6 is 0 Å². The summed E-state index contributed by atoms with van der Waals surface area (Å²) in [4.78, 5) is 14.6. The Hall–Kier alpha value is -1.19. The molecule has 1 N–H and O–H groups in total. The number of ketones is 1. The zero-order valence-electron chi connectivity index (χ0n) is 12.5. The molecule has 0 amide bonds. The number of hydrogen-bond donors (Lipinski definition) is 1. The molecule has 1 unspecified atom stereocenters. The van der Waals surface area contributed by atoms with Gasteiger partial charge < -0.3 is 5.11 Å². The second-order valence-corrected chi connectivity index (χ2v) is 6.00. The first kappa shape index (κ1) is 15.2. The van der Waals surface area contributed by atoms with Crippen molar-refractivity contribution >= 4 is 5.78 Å². The van der Waals surface area contributed by atoms with Crippen molar-refractivity contribution in [2.24, 2.45) is 0 Å². The van der Waals surface area contributed by atoms with Gasteiger partial charge >= 0.3 is 0 Å². The van der Waals surface area contributed by atoms with Gasteiger partial charge in [-0.25, -0.2) is 0 Å². The molecule has 1 aromatic carbocycles. The van der Waals surface area contributed by atoms with Crippen molar-refractivity contribution in [2.45, 2.75) is 50.7 Å². The fourth-order valence-electron chi connectivity index (χ4n) is 3.26. The largest absolute Gasteiger partial charge is 0.389 e. The summed E-state index contributed by atoms with van der Waals surface area (Å²) in [6.07, 6.45) is 4.66. The van der Waals surface area contributed by atoms with E-state index in [4.69, 9.17) is 0 Å². The van der Waals surface area contributed by atoms with Crippen LogP contribution in [0.1, 0.15) is 49.4 Å². The summed E-state index contributed by atoms with van der Waals surface area (Å²) in [7, 11) is 1.95. The van der Waals surface area contributed by atoms with Crippen LogP contribution in [-0.2, 0) is 0 Å². The summed E-state index contributed by atoms with van der Waals surface area (Å²) in [6.45, 7) is 2.62. The smallest absolute Gasteiger partial charge is 0.179 e. The van der Waals surface area contributed by atoms with E-state index in [9.17, 15) is 9.90 Å². The standard InChI is InChI=1S/C17H25NO2/c1-3-15(16(19)14-9-5-4-6-10-14)18(2)13-17(20)11-7-8-12-17/h4-6,9-10,15,20H,3,7-8,11-13H2,1-2H3. The van der Waals surface area contributed by atoms with Crippen LogP contribution in [0, 0.1) is 0 Å². The maximum absolute atomic E-state index is 12.6. The molecular weight excluding hydrogens is 250 g/mol. The third-order valence-electron chi connectivity index (χ3n) is 4.36. The number of carbonyl (C=O) groups excluding carboxylic acids is 1. The van der Waals surface area contributed by atoms with E-state index in [1.165, 1.54) is 0 Å². The van der Waals surface area contributed by atoms with Crippen molar-refractivity contribution in [1.82, 2.24) is 4.90 Å². The van der Waals surface area contributed by atoms with Crippen LogP contribution in [0.4, 0.5) is 0 Å². The van der Waals surface area contributed by atoms with Gasteiger partial charge in [0.1, 0.15) is 0 Å². The lowest BCUT2D eigenvalue weighted by Gasteiger charge is -2.33. The molecule has 0 aromatic heterocycles. The van der Waals surface area contributed by atoms with E-state index < -0.39 is 5.60 Å². The zero-order valence-corrected chi connectivity index (χ0v) is 12.5. The predicted molar refractivity (Wildman–Crippen MR) is 80.9 cm³/mol. The van der Waals surface area contributed by atoms with Crippen molar-refractivity contribution in [3.63, 3.8) is 0 Å². The van der Waals surface area contributed by atoms with Gasteiger partial charge in [0.25, 0.3) is 0 Å². The zero-order chi connectivity index (χ0) is 14.6. The molecule has 0 saturated heterocycles. The van der Waals surface area contributed by atoms with Crippen LogP contribution in [0.5, 0.6) is 0 Å². The van der Waals surface area contributed by atoms with Crippen molar-refractivity contribution in [2.75, 3.05) is 13.6 Å². The fraction of sp³-hybridized carbons (Fsp3) is 0.588. The van der Waals surface area contributed by atoms with Crippen LogP contribution in [0.15, 0.2) is 30.3 Å². The van der Waals surface area contributed by atoms with E-state index in [1.54, 1.807) is 0 Å². The number of nitrogens with zero attached hydrogens (tertiary/aromatic N) is 1. The molecular formula is C17H25NO2. The molecule has 0 spiro atoms. The summed E-state index contributed by atoms with van der Waals surface area (Å²) in [5, 5.41) is 10.5. The normalized spacial score (nSPS) is 19.2. The number of likely N-dealkylation sites (N-methyl/N-ethyl adjacent to an activating group) is 1. The lowest BCUT2D eigenvalue weighted by Crippen LogP contribution is -2.46. The highest BCUT2D eigenvalue weighted by Crippen LogP contribution is 2.30. The molecule has 1 atom stereocenters. The number of rotatable bonds is 6. The van der Waals surface area contributed by atoms with Gasteiger partial charge in [-0.2, -0.15) is 0 Å². The van der Waals surface area contributed by atoms with Crippen molar-refractivity contribution in [3.8, 4) is 0 Å². The second-order valence-electron chi connectivity index (χ2n) is 6.00. The number of aliphatic hydroxyl groups is 1. The monoisotopic (exact) mass is 275 g/mol. The van der Waals surface area contributed by atoms with Gasteiger partial charge in [-0.3, -0.25) is 9.69 Å². The Balaban J connectivity index is 2.05. The van der Waals surface area contributed by atoms with E-state index in [1.807, 2.05) is 49.2 Å². The van der Waals surface area contributed by atoms with Gasteiger partial charge in [0.05, 0.1) is 11.6 Å². The minimum absolute atomic E-state index is 0.150. The Morgan fingerprint density at radius 2 is 1.90 bits per heavy atom. The average Bonchev–Trinajstić information content (AvgIpc) is 2.86. The fourth-order valence-corrected chi connectivity index (χ4v) is 3.26. The average molecular weight is 275 g/mol. The molecule has 0 bridgehead atoms. The Bertz CT molecular complexity index is 438. The van der Waals surface area contributed by atoms with Crippen molar-refractivity contribution in [3.05, 3.63) is 35.9 Å². The summed E-state index contributed by atoms with van der Waals surface area (Å²) in [5.41, 5.74) is 0.156. The predicted octanol–water partition coefficient (Wildman–Crippen LogP) is 2.88. The number of carbonyl (C=O) groups is 1. The van der Waals surface area contributed by atoms with E-state index in [0.29, 0.717) is 6.54 Å². The second kappa shape index (κ2) is 6.51. The maximum atomic E-state index is 12.6. The highest BCUT2D eigenvalue weighted by molar-refractivity contribution is 6.00. The third-order valence-corrected chi connectivity index (χ3v) is 4.36. The van der Waals surface area contributed by atoms with Gasteiger partial charge in [-0.05, 0) is 26.3 Å². The Kier molecular flexibility index (Phi) is 4.95. The Morgan fingerprint density at radius 3 is 2.45 bits per heavy atom. The molecule has 3 heteroatoms. The molecule has 1 fully saturated rings. The third kappa shape index (κ3) is 3.47. The van der Waals surface area contributed by atoms with Crippen LogP contribution in [0.2, 0.25) is 0 Å². The van der Waals surface area contributed by atoms with Crippen molar-refractivity contribution < 1.29 is 9.90 Å². The number of Topliss-reactive ketones (excluding diaryl/α,β-unsaturated/α-hetero) is 1. The molecule has 0 heterocycles. The topological polar surface area (TPSA) is 40.5 Å². The van der Waals surface area contributed by atoms with Gasteiger partial charge in [-0.1, -0.05) is 50.1 Å². The molecule has 1 saturated carbocycles. The van der Waals surface area contributed by atoms with Crippen LogP contribution in [0.25, 0.3) is 0 Å². The molecule has 1 aliphatic carbocycles. The number of hydrogen-bond acceptors (Lipinski definition) is 3. The molecule has 20 heavy (non-hydrogen) atoms. The summed E-state index contributed by atoms with van der Waals surface area (Å²) < 4.78 is 0. The quantitative estimate of drug-likeness (QED) is 0.812. The highest BCUT2D eigenvalue weighted by atomic mass is 16.3. The first-order chi connectivity index (χ1) is 9.56. The first-order valence-corrected chi connectivity index (χ1v) is 7.57. The van der Waals surface area contributed by atoms with E-state index in [2.05, 4.69) is 0 Å². The first-order valence-electron chi connectivity index (χ1n) is 7.57. The molecule has 1 aromatic rings. The lowest BCUT2D eigenvalue weighted by atomic mass is 9.97. The molecule has 2 rings (SSSR count). The van der Waals surface area contributed by atoms with Gasteiger partial charge in [0, 0.05) is 12.1 Å². The minimum atomic E-state index is -0.598. The molecule has 3 nitrogen and oxygen atoms in total. The Morgan fingerprint density at radius 1 is 1.30 bits per heavy atom.